The first-order valence-corrected chi connectivity index (χ1v) is 4.70. The fourth-order valence-corrected chi connectivity index (χ4v) is 1.47. The lowest BCUT2D eigenvalue weighted by Gasteiger charge is -2.31. The zero-order chi connectivity index (χ0) is 14.2. The molecule has 0 heterocycles. The first-order valence-electron chi connectivity index (χ1n) is 4.70. The van der Waals surface area contributed by atoms with Crippen LogP contribution in [0.2, 0.25) is 0 Å². The normalized spacial score (nSPS) is 16.4. The molecule has 0 aromatic heterocycles. The third kappa shape index (κ3) is 2.44. The highest BCUT2D eigenvalue weighted by Crippen LogP contribution is 2.43. The van der Waals surface area contributed by atoms with Crippen molar-refractivity contribution in [1.29, 1.82) is 0 Å². The number of benzene rings is 1. The zero-order valence-corrected chi connectivity index (χ0v) is 8.81. The Balaban J connectivity index is 3.50. The SMILES string of the molecule is NCC(O)(c1ccccc1C(F)(F)F)C(F)(F)F. The third-order valence-corrected chi connectivity index (χ3v) is 2.44. The number of hydrogen-bond acceptors (Lipinski definition) is 2. The molecule has 0 amide bonds. The summed E-state index contributed by atoms with van der Waals surface area (Å²) in [4.78, 5) is 0. The van der Waals surface area contributed by atoms with Crippen molar-refractivity contribution in [2.24, 2.45) is 5.73 Å². The van der Waals surface area contributed by atoms with Gasteiger partial charge in [0.25, 0.3) is 0 Å². The van der Waals surface area contributed by atoms with Crippen LogP contribution in [0.5, 0.6) is 0 Å². The highest BCUT2D eigenvalue weighted by Gasteiger charge is 2.56. The quantitative estimate of drug-likeness (QED) is 0.813. The minimum atomic E-state index is -5.30. The summed E-state index contributed by atoms with van der Waals surface area (Å²) in [6.45, 7) is -1.40. The van der Waals surface area contributed by atoms with Crippen molar-refractivity contribution in [3.05, 3.63) is 35.4 Å². The fourth-order valence-electron chi connectivity index (χ4n) is 1.47. The monoisotopic (exact) mass is 273 g/mol. The second-order valence-electron chi connectivity index (χ2n) is 3.61. The third-order valence-electron chi connectivity index (χ3n) is 2.44. The van der Waals surface area contributed by atoms with Gasteiger partial charge in [-0.25, -0.2) is 0 Å². The van der Waals surface area contributed by atoms with Crippen LogP contribution in [0.4, 0.5) is 26.3 Å². The van der Waals surface area contributed by atoms with E-state index >= 15 is 0 Å². The lowest BCUT2D eigenvalue weighted by molar-refractivity contribution is -0.264. The van der Waals surface area contributed by atoms with Crippen molar-refractivity contribution >= 4 is 0 Å². The van der Waals surface area contributed by atoms with Gasteiger partial charge in [0.1, 0.15) is 0 Å². The molecule has 0 aliphatic heterocycles. The Hall–Kier alpha value is -1.28. The maximum absolute atomic E-state index is 12.7. The smallest absolute Gasteiger partial charge is 0.375 e. The summed E-state index contributed by atoms with van der Waals surface area (Å²) in [7, 11) is 0. The highest BCUT2D eigenvalue weighted by molar-refractivity contribution is 5.36. The Bertz CT molecular complexity index is 427. The second kappa shape index (κ2) is 4.43. The van der Waals surface area contributed by atoms with Crippen LogP contribution in [-0.2, 0) is 11.8 Å². The number of alkyl halides is 6. The van der Waals surface area contributed by atoms with E-state index in [1.807, 2.05) is 0 Å². The van der Waals surface area contributed by atoms with E-state index in [0.29, 0.717) is 12.1 Å². The van der Waals surface area contributed by atoms with Gasteiger partial charge in [0, 0.05) is 12.1 Å². The average Bonchev–Trinajstić information content (AvgIpc) is 2.25. The maximum atomic E-state index is 12.7. The Morgan fingerprint density at radius 3 is 1.72 bits per heavy atom. The minimum absolute atomic E-state index is 0.460. The van der Waals surface area contributed by atoms with E-state index < -0.39 is 35.6 Å². The molecule has 0 radical (unpaired) electrons. The molecule has 0 saturated carbocycles. The summed E-state index contributed by atoms with van der Waals surface area (Å²) in [5.41, 5.74) is -1.78. The summed E-state index contributed by atoms with van der Waals surface area (Å²) < 4.78 is 75.7. The molecule has 1 aromatic rings. The number of nitrogens with two attached hydrogens (primary N) is 1. The summed E-state index contributed by atoms with van der Waals surface area (Å²) in [6.07, 6.45) is -10.3. The molecule has 0 aliphatic carbocycles. The molecule has 3 N–H and O–H groups in total. The summed E-state index contributed by atoms with van der Waals surface area (Å²) >= 11 is 0. The van der Waals surface area contributed by atoms with Crippen LogP contribution in [0.15, 0.2) is 24.3 Å². The molecule has 102 valence electrons. The van der Waals surface area contributed by atoms with Gasteiger partial charge in [0.2, 0.25) is 0 Å². The van der Waals surface area contributed by atoms with Gasteiger partial charge < -0.3 is 10.8 Å². The topological polar surface area (TPSA) is 46.2 Å². The van der Waals surface area contributed by atoms with E-state index in [9.17, 15) is 31.4 Å². The summed E-state index contributed by atoms with van der Waals surface area (Å²) in [5.74, 6) is 0. The van der Waals surface area contributed by atoms with Crippen molar-refractivity contribution in [1.82, 2.24) is 0 Å². The Labute approximate surface area is 98.0 Å². The van der Waals surface area contributed by atoms with Gasteiger partial charge in [-0.05, 0) is 6.07 Å². The van der Waals surface area contributed by atoms with Crippen LogP contribution in [-0.4, -0.2) is 17.8 Å². The molecule has 0 aliphatic rings. The van der Waals surface area contributed by atoms with Gasteiger partial charge >= 0.3 is 12.4 Å². The van der Waals surface area contributed by atoms with Crippen LogP contribution < -0.4 is 5.73 Å². The van der Waals surface area contributed by atoms with Crippen LogP contribution in [0.25, 0.3) is 0 Å². The van der Waals surface area contributed by atoms with Crippen molar-refractivity contribution in [3.63, 3.8) is 0 Å². The molecule has 1 aromatic carbocycles. The molecule has 1 atom stereocenters. The standard InChI is InChI=1S/C10H9F6NO/c11-9(12,13)7-4-2-1-3-6(7)8(18,5-17)10(14,15)16/h1-4,18H,5,17H2. The van der Waals surface area contributed by atoms with Gasteiger partial charge in [-0.2, -0.15) is 26.3 Å². The van der Waals surface area contributed by atoms with E-state index in [4.69, 9.17) is 5.73 Å². The van der Waals surface area contributed by atoms with Gasteiger partial charge in [-0.3, -0.25) is 0 Å². The molecule has 2 nitrogen and oxygen atoms in total. The van der Waals surface area contributed by atoms with E-state index in [2.05, 4.69) is 0 Å². The minimum Gasteiger partial charge on any atom is -0.375 e. The Morgan fingerprint density at radius 2 is 1.39 bits per heavy atom. The Morgan fingerprint density at radius 1 is 0.944 bits per heavy atom. The Kier molecular flexibility index (Phi) is 3.64. The summed E-state index contributed by atoms with van der Waals surface area (Å²) in [6, 6.07) is 2.92. The molecule has 8 heteroatoms. The number of rotatable bonds is 2. The van der Waals surface area contributed by atoms with Crippen LogP contribution in [0.1, 0.15) is 11.1 Å². The van der Waals surface area contributed by atoms with Crippen LogP contribution >= 0.6 is 0 Å². The van der Waals surface area contributed by atoms with E-state index in [1.165, 1.54) is 0 Å². The van der Waals surface area contributed by atoms with Gasteiger partial charge in [0.15, 0.2) is 5.60 Å². The highest BCUT2D eigenvalue weighted by atomic mass is 19.4. The van der Waals surface area contributed by atoms with Crippen molar-refractivity contribution in [2.45, 2.75) is 18.0 Å². The van der Waals surface area contributed by atoms with E-state index in [-0.39, 0.29) is 0 Å². The van der Waals surface area contributed by atoms with Crippen molar-refractivity contribution in [3.8, 4) is 0 Å². The maximum Gasteiger partial charge on any atom is 0.422 e. The molecule has 0 bridgehead atoms. The largest absolute Gasteiger partial charge is 0.422 e. The number of hydrogen-bond donors (Lipinski definition) is 2. The van der Waals surface area contributed by atoms with E-state index in [1.54, 1.807) is 0 Å². The first-order chi connectivity index (χ1) is 8.04. The molecule has 0 spiro atoms. The molecular formula is C10H9F6NO. The fraction of sp³-hybridized carbons (Fsp3) is 0.400. The molecule has 0 fully saturated rings. The second-order valence-corrected chi connectivity index (χ2v) is 3.61. The number of halogens is 6. The number of aliphatic hydroxyl groups is 1. The predicted octanol–water partition coefficient (Wildman–Crippen LogP) is 2.41. The van der Waals surface area contributed by atoms with E-state index in [0.717, 1.165) is 12.1 Å². The predicted molar refractivity (Wildman–Crippen MR) is 50.5 cm³/mol. The lowest BCUT2D eigenvalue weighted by atomic mass is 9.89. The first kappa shape index (κ1) is 14.8. The van der Waals surface area contributed by atoms with Crippen LogP contribution in [0.3, 0.4) is 0 Å². The molecule has 1 unspecified atom stereocenters. The van der Waals surface area contributed by atoms with Gasteiger partial charge in [-0.1, -0.05) is 18.2 Å². The molecule has 18 heavy (non-hydrogen) atoms. The van der Waals surface area contributed by atoms with Gasteiger partial charge in [-0.15, -0.1) is 0 Å². The lowest BCUT2D eigenvalue weighted by Crippen LogP contribution is -2.49. The molecule has 1 rings (SSSR count). The molecule has 0 saturated heterocycles. The molecular weight excluding hydrogens is 264 g/mol. The van der Waals surface area contributed by atoms with Gasteiger partial charge in [0.05, 0.1) is 5.56 Å². The average molecular weight is 273 g/mol. The van der Waals surface area contributed by atoms with Crippen LogP contribution in [0, 0.1) is 0 Å². The van der Waals surface area contributed by atoms with Crippen molar-refractivity contribution in [2.75, 3.05) is 6.54 Å². The summed E-state index contributed by atoms with van der Waals surface area (Å²) in [5, 5.41) is 9.42. The van der Waals surface area contributed by atoms with Crippen molar-refractivity contribution < 1.29 is 31.4 Å². The zero-order valence-electron chi connectivity index (χ0n) is 8.81.